The van der Waals surface area contributed by atoms with Crippen LogP contribution < -0.4 is 33.2 Å². The third-order valence-corrected chi connectivity index (χ3v) is 4.85. The Morgan fingerprint density at radius 1 is 0.788 bits per heavy atom. The maximum absolute atomic E-state index is 12.7. The Morgan fingerprint density at radius 2 is 1.24 bits per heavy atom. The summed E-state index contributed by atoms with van der Waals surface area (Å²) in [7, 11) is 0. The van der Waals surface area contributed by atoms with Gasteiger partial charge in [0.25, 0.3) is 0 Å². The second kappa shape index (κ2) is 15.1. The van der Waals surface area contributed by atoms with Gasteiger partial charge in [-0.1, -0.05) is 13.8 Å². The second-order valence-corrected chi connectivity index (χ2v) is 8.32. The summed E-state index contributed by atoms with van der Waals surface area (Å²) in [6.07, 6.45) is -0.406. The number of hydrogen-bond donors (Lipinski definition) is 8. The molecule has 0 bridgehead atoms. The molecule has 4 unspecified atom stereocenters. The molecule has 0 saturated carbocycles. The molecule has 33 heavy (non-hydrogen) atoms. The van der Waals surface area contributed by atoms with Crippen LogP contribution in [0.2, 0.25) is 0 Å². The van der Waals surface area contributed by atoms with E-state index in [0.717, 1.165) is 0 Å². The third kappa shape index (κ3) is 12.7. The molecule has 188 valence electrons. The van der Waals surface area contributed by atoms with E-state index in [-0.39, 0.29) is 43.8 Å². The summed E-state index contributed by atoms with van der Waals surface area (Å²) in [5, 5.41) is 16.5. The predicted octanol–water partition coefficient (Wildman–Crippen LogP) is -2.64. The monoisotopic (exact) mass is 490 g/mol. The molecule has 0 fully saturated rings. The molecular weight excluding hydrogens is 456 g/mol. The number of thiol groups is 1. The van der Waals surface area contributed by atoms with Crippen molar-refractivity contribution in [2.75, 3.05) is 5.75 Å². The van der Waals surface area contributed by atoms with E-state index in [0.29, 0.717) is 0 Å². The third-order valence-electron chi connectivity index (χ3n) is 4.49. The van der Waals surface area contributed by atoms with Crippen molar-refractivity contribution in [1.82, 2.24) is 16.0 Å². The van der Waals surface area contributed by atoms with E-state index < -0.39 is 59.7 Å². The highest BCUT2D eigenvalue weighted by molar-refractivity contribution is 7.80. The van der Waals surface area contributed by atoms with Gasteiger partial charge in [0.15, 0.2) is 0 Å². The van der Waals surface area contributed by atoms with Crippen LogP contribution in [0.5, 0.6) is 0 Å². The number of nitrogens with two attached hydrogens (primary N) is 3. The second-order valence-electron chi connectivity index (χ2n) is 7.95. The quantitative estimate of drug-likeness (QED) is 0.106. The summed E-state index contributed by atoms with van der Waals surface area (Å²) >= 11 is 4.04. The van der Waals surface area contributed by atoms with Crippen LogP contribution in [0.1, 0.15) is 46.0 Å². The van der Waals surface area contributed by atoms with Gasteiger partial charge in [-0.15, -0.1) is 0 Å². The van der Waals surface area contributed by atoms with Gasteiger partial charge in [-0.05, 0) is 25.2 Å². The lowest BCUT2D eigenvalue weighted by molar-refractivity contribution is -0.142. The zero-order chi connectivity index (χ0) is 25.7. The molecule has 0 saturated heterocycles. The minimum absolute atomic E-state index is 0.0116. The van der Waals surface area contributed by atoms with Gasteiger partial charge in [0.2, 0.25) is 29.5 Å². The molecule has 13 nitrogen and oxygen atoms in total. The number of hydrogen-bond acceptors (Lipinski definition) is 8. The molecule has 5 amide bonds. The number of nitrogens with one attached hydrogen (secondary N) is 3. The largest absolute Gasteiger partial charge is 0.480 e. The Morgan fingerprint density at radius 3 is 1.70 bits per heavy atom. The van der Waals surface area contributed by atoms with Crippen LogP contribution in [0.3, 0.4) is 0 Å². The molecule has 10 N–H and O–H groups in total. The maximum atomic E-state index is 12.7. The van der Waals surface area contributed by atoms with Crippen LogP contribution in [0.4, 0.5) is 0 Å². The average molecular weight is 491 g/mol. The van der Waals surface area contributed by atoms with E-state index in [9.17, 15) is 33.9 Å². The Balaban J connectivity index is 5.24. The fourth-order valence-corrected chi connectivity index (χ4v) is 2.95. The molecule has 0 spiro atoms. The van der Waals surface area contributed by atoms with Crippen molar-refractivity contribution >= 4 is 48.1 Å². The molecule has 4 atom stereocenters. The van der Waals surface area contributed by atoms with Crippen molar-refractivity contribution in [3.8, 4) is 0 Å². The Labute approximate surface area is 197 Å². The fourth-order valence-electron chi connectivity index (χ4n) is 2.69. The first-order valence-corrected chi connectivity index (χ1v) is 11.0. The molecule has 0 aromatic carbocycles. The zero-order valence-corrected chi connectivity index (χ0v) is 19.6. The molecule has 0 aromatic heterocycles. The maximum Gasteiger partial charge on any atom is 0.326 e. The summed E-state index contributed by atoms with van der Waals surface area (Å²) < 4.78 is 0. The lowest BCUT2D eigenvalue weighted by Crippen LogP contribution is -2.58. The Kier molecular flexibility index (Phi) is 13.7. The van der Waals surface area contributed by atoms with E-state index in [2.05, 4.69) is 28.6 Å². The Bertz CT molecular complexity index is 733. The van der Waals surface area contributed by atoms with Crippen LogP contribution in [0.25, 0.3) is 0 Å². The summed E-state index contributed by atoms with van der Waals surface area (Å²) in [4.78, 5) is 70.7. The first-order valence-electron chi connectivity index (χ1n) is 10.3. The predicted molar refractivity (Wildman–Crippen MR) is 122 cm³/mol. The highest BCUT2D eigenvalue weighted by Crippen LogP contribution is 2.08. The lowest BCUT2D eigenvalue weighted by atomic mass is 10.0. The van der Waals surface area contributed by atoms with E-state index in [1.807, 2.05) is 0 Å². The molecule has 0 aliphatic carbocycles. The molecule has 14 heteroatoms. The zero-order valence-electron chi connectivity index (χ0n) is 18.7. The molecule has 0 aromatic rings. The van der Waals surface area contributed by atoms with Gasteiger partial charge >= 0.3 is 5.97 Å². The first-order chi connectivity index (χ1) is 15.3. The van der Waals surface area contributed by atoms with Crippen LogP contribution in [0.15, 0.2) is 0 Å². The minimum atomic E-state index is -1.37. The number of carboxylic acids is 1. The SMILES string of the molecule is CC(C)CC(NC(=O)C(CS)NC(=O)C(N)CCC(N)=O)C(=O)NC(CCC(N)=O)C(=O)O. The summed E-state index contributed by atoms with van der Waals surface area (Å²) in [5.41, 5.74) is 15.7. The molecule has 0 rings (SSSR count). The summed E-state index contributed by atoms with van der Waals surface area (Å²) in [5.74, 6) is -5.07. The Hall–Kier alpha value is -2.87. The molecule has 0 aliphatic heterocycles. The van der Waals surface area contributed by atoms with E-state index >= 15 is 0 Å². The molecule has 0 aliphatic rings. The van der Waals surface area contributed by atoms with E-state index in [1.54, 1.807) is 13.8 Å². The van der Waals surface area contributed by atoms with Gasteiger partial charge in [0.1, 0.15) is 18.1 Å². The molecule has 0 heterocycles. The average Bonchev–Trinajstić information content (AvgIpc) is 2.71. The summed E-state index contributed by atoms with van der Waals surface area (Å²) in [6.45, 7) is 3.59. The van der Waals surface area contributed by atoms with Crippen molar-refractivity contribution in [2.24, 2.45) is 23.1 Å². The van der Waals surface area contributed by atoms with Gasteiger partial charge in [-0.25, -0.2) is 4.79 Å². The standard InChI is InChI=1S/C19H34N6O7S/c1-9(2)7-12(17(29)23-11(19(31)32)4-6-15(22)27)24-18(30)13(8-33)25-16(28)10(20)3-5-14(21)26/h9-13,33H,3-8,20H2,1-2H3,(H2,21,26)(H2,22,27)(H,23,29)(H,24,30)(H,25,28)(H,31,32). The smallest absolute Gasteiger partial charge is 0.326 e. The van der Waals surface area contributed by atoms with Gasteiger partial charge < -0.3 is 38.3 Å². The minimum Gasteiger partial charge on any atom is -0.480 e. The van der Waals surface area contributed by atoms with Gasteiger partial charge in [0, 0.05) is 18.6 Å². The number of primary amides is 2. The normalized spacial score (nSPS) is 14.5. The number of carboxylic acid groups (broad SMARTS) is 1. The summed E-state index contributed by atoms with van der Waals surface area (Å²) in [6, 6.07) is -4.71. The van der Waals surface area contributed by atoms with Gasteiger partial charge in [-0.3, -0.25) is 24.0 Å². The van der Waals surface area contributed by atoms with Crippen molar-refractivity contribution < 1.29 is 33.9 Å². The number of aliphatic carboxylic acids is 1. The molecule has 0 radical (unpaired) electrons. The highest BCUT2D eigenvalue weighted by atomic mass is 32.1. The number of carbonyl (C=O) groups is 6. The van der Waals surface area contributed by atoms with Crippen LogP contribution in [-0.2, 0) is 28.8 Å². The molecular formula is C19H34N6O7S. The highest BCUT2D eigenvalue weighted by Gasteiger charge is 2.30. The van der Waals surface area contributed by atoms with E-state index in [4.69, 9.17) is 17.2 Å². The number of carbonyl (C=O) groups excluding carboxylic acids is 5. The van der Waals surface area contributed by atoms with Crippen molar-refractivity contribution in [3.63, 3.8) is 0 Å². The van der Waals surface area contributed by atoms with Gasteiger partial charge in [0.05, 0.1) is 6.04 Å². The van der Waals surface area contributed by atoms with Crippen molar-refractivity contribution in [1.29, 1.82) is 0 Å². The first kappa shape index (κ1) is 30.1. The van der Waals surface area contributed by atoms with Crippen molar-refractivity contribution in [3.05, 3.63) is 0 Å². The fraction of sp³-hybridized carbons (Fsp3) is 0.684. The lowest BCUT2D eigenvalue weighted by Gasteiger charge is -2.25. The number of amides is 5. The van der Waals surface area contributed by atoms with Crippen LogP contribution >= 0.6 is 12.6 Å². The van der Waals surface area contributed by atoms with Gasteiger partial charge in [-0.2, -0.15) is 12.6 Å². The topological polar surface area (TPSA) is 237 Å². The van der Waals surface area contributed by atoms with Crippen molar-refractivity contribution in [2.45, 2.75) is 70.1 Å². The van der Waals surface area contributed by atoms with Crippen LogP contribution in [0, 0.1) is 5.92 Å². The number of rotatable bonds is 16. The van der Waals surface area contributed by atoms with E-state index in [1.165, 1.54) is 0 Å². The van der Waals surface area contributed by atoms with Crippen LogP contribution in [-0.4, -0.2) is 70.5 Å².